The molecule has 0 aliphatic heterocycles. The third kappa shape index (κ3) is 5.59. The van der Waals surface area contributed by atoms with Gasteiger partial charge in [-0.3, -0.25) is 0 Å². The minimum absolute atomic E-state index is 0.307. The minimum Gasteiger partial charge on any atom is -0.406 e. The molecule has 0 atom stereocenters. The van der Waals surface area contributed by atoms with Crippen molar-refractivity contribution >= 4 is 27.7 Å². The Hall–Kier alpha value is -2.81. The molecular formula is C19H16BrF3N4O. The molecule has 1 aromatic heterocycles. The Morgan fingerprint density at radius 3 is 2.54 bits per heavy atom. The van der Waals surface area contributed by atoms with E-state index < -0.39 is 6.36 Å². The van der Waals surface area contributed by atoms with Gasteiger partial charge in [-0.25, -0.2) is 4.98 Å². The SMILES string of the molecule is CNc1nc(NCc2cccc(Br)c2)cc(-c2cccc(OC(F)(F)F)c2)n1. The molecule has 0 amide bonds. The largest absolute Gasteiger partial charge is 0.573 e. The van der Waals surface area contributed by atoms with Gasteiger partial charge in [0.2, 0.25) is 5.95 Å². The van der Waals surface area contributed by atoms with Crippen LogP contribution in [0.2, 0.25) is 0 Å². The number of ether oxygens (including phenoxy) is 1. The second kappa shape index (κ2) is 8.47. The van der Waals surface area contributed by atoms with Crippen molar-refractivity contribution in [3.8, 4) is 17.0 Å². The van der Waals surface area contributed by atoms with Crippen molar-refractivity contribution in [2.75, 3.05) is 17.7 Å². The Morgan fingerprint density at radius 2 is 1.82 bits per heavy atom. The van der Waals surface area contributed by atoms with Crippen LogP contribution in [0.4, 0.5) is 24.9 Å². The first-order valence-electron chi connectivity index (χ1n) is 8.24. The van der Waals surface area contributed by atoms with Crippen LogP contribution in [-0.4, -0.2) is 23.4 Å². The molecule has 0 bridgehead atoms. The Balaban J connectivity index is 1.85. The normalized spacial score (nSPS) is 11.2. The average molecular weight is 453 g/mol. The first kappa shape index (κ1) is 19.9. The Labute approximate surface area is 168 Å². The molecule has 3 rings (SSSR count). The summed E-state index contributed by atoms with van der Waals surface area (Å²) in [5, 5.41) is 6.06. The van der Waals surface area contributed by atoms with Crippen LogP contribution in [0.25, 0.3) is 11.3 Å². The van der Waals surface area contributed by atoms with Crippen LogP contribution in [0.15, 0.2) is 59.1 Å². The van der Waals surface area contributed by atoms with Crippen molar-refractivity contribution in [3.05, 3.63) is 64.6 Å². The number of hydrogen-bond donors (Lipinski definition) is 2. The zero-order valence-electron chi connectivity index (χ0n) is 14.7. The number of alkyl halides is 3. The van der Waals surface area contributed by atoms with Gasteiger partial charge in [-0.15, -0.1) is 13.2 Å². The fourth-order valence-electron chi connectivity index (χ4n) is 2.49. The summed E-state index contributed by atoms with van der Waals surface area (Å²) < 4.78 is 42.4. The first-order valence-corrected chi connectivity index (χ1v) is 9.03. The van der Waals surface area contributed by atoms with Crippen LogP contribution in [-0.2, 0) is 6.54 Å². The van der Waals surface area contributed by atoms with Gasteiger partial charge in [-0.1, -0.05) is 40.2 Å². The number of rotatable bonds is 6. The summed E-state index contributed by atoms with van der Waals surface area (Å²) in [5.41, 5.74) is 1.98. The smallest absolute Gasteiger partial charge is 0.406 e. The van der Waals surface area contributed by atoms with E-state index in [2.05, 4.69) is 41.3 Å². The Morgan fingerprint density at radius 1 is 1.04 bits per heavy atom. The molecule has 2 N–H and O–H groups in total. The molecule has 0 fully saturated rings. The maximum absolute atomic E-state index is 12.5. The molecule has 3 aromatic rings. The summed E-state index contributed by atoms with van der Waals surface area (Å²) in [7, 11) is 1.67. The number of anilines is 2. The summed E-state index contributed by atoms with van der Waals surface area (Å²) in [4.78, 5) is 8.66. The maximum atomic E-state index is 12.5. The van der Waals surface area contributed by atoms with E-state index >= 15 is 0 Å². The summed E-state index contributed by atoms with van der Waals surface area (Å²) in [5.74, 6) is 0.575. The van der Waals surface area contributed by atoms with E-state index in [1.54, 1.807) is 19.2 Å². The third-order valence-corrected chi connectivity index (χ3v) is 4.17. The van der Waals surface area contributed by atoms with E-state index in [-0.39, 0.29) is 5.75 Å². The number of benzene rings is 2. The number of halogens is 4. The highest BCUT2D eigenvalue weighted by Gasteiger charge is 2.31. The van der Waals surface area contributed by atoms with Crippen molar-refractivity contribution in [3.63, 3.8) is 0 Å². The molecule has 0 saturated heterocycles. The molecule has 0 saturated carbocycles. The highest BCUT2D eigenvalue weighted by molar-refractivity contribution is 9.10. The lowest BCUT2D eigenvalue weighted by molar-refractivity contribution is -0.274. The number of nitrogens with zero attached hydrogens (tertiary/aromatic N) is 2. The molecule has 146 valence electrons. The lowest BCUT2D eigenvalue weighted by Gasteiger charge is -2.12. The van der Waals surface area contributed by atoms with Crippen LogP contribution in [0, 0.1) is 0 Å². The summed E-state index contributed by atoms with van der Waals surface area (Å²) >= 11 is 3.43. The molecule has 0 aliphatic rings. The van der Waals surface area contributed by atoms with Gasteiger partial charge in [0, 0.05) is 29.7 Å². The van der Waals surface area contributed by atoms with Gasteiger partial charge >= 0.3 is 6.36 Å². The predicted molar refractivity (Wildman–Crippen MR) is 105 cm³/mol. The predicted octanol–water partition coefficient (Wildman–Crippen LogP) is 5.46. The fourth-order valence-corrected chi connectivity index (χ4v) is 2.94. The molecule has 2 aromatic carbocycles. The lowest BCUT2D eigenvalue weighted by Crippen LogP contribution is -2.17. The first-order chi connectivity index (χ1) is 13.3. The Kier molecular flexibility index (Phi) is 6.03. The zero-order chi connectivity index (χ0) is 20.1. The summed E-state index contributed by atoms with van der Waals surface area (Å²) in [6, 6.07) is 15.1. The third-order valence-electron chi connectivity index (χ3n) is 3.68. The summed E-state index contributed by atoms with van der Waals surface area (Å²) in [6.45, 7) is 0.524. The van der Waals surface area contributed by atoms with Gasteiger partial charge in [0.25, 0.3) is 0 Å². The van der Waals surface area contributed by atoms with Crippen LogP contribution in [0.3, 0.4) is 0 Å². The fraction of sp³-hybridized carbons (Fsp3) is 0.158. The van der Waals surface area contributed by atoms with Gasteiger partial charge in [0.15, 0.2) is 0 Å². The summed E-state index contributed by atoms with van der Waals surface area (Å²) in [6.07, 6.45) is -4.75. The van der Waals surface area contributed by atoms with Gasteiger partial charge in [-0.2, -0.15) is 4.98 Å². The molecule has 9 heteroatoms. The maximum Gasteiger partial charge on any atom is 0.573 e. The molecular weight excluding hydrogens is 437 g/mol. The van der Waals surface area contributed by atoms with Crippen LogP contribution in [0.1, 0.15) is 5.56 Å². The average Bonchev–Trinajstić information content (AvgIpc) is 2.65. The minimum atomic E-state index is -4.75. The highest BCUT2D eigenvalue weighted by Crippen LogP contribution is 2.28. The number of nitrogens with one attached hydrogen (secondary N) is 2. The van der Waals surface area contributed by atoms with Crippen LogP contribution in [0.5, 0.6) is 5.75 Å². The zero-order valence-corrected chi connectivity index (χ0v) is 16.3. The van der Waals surface area contributed by atoms with Crippen molar-refractivity contribution < 1.29 is 17.9 Å². The second-order valence-electron chi connectivity index (χ2n) is 5.77. The quantitative estimate of drug-likeness (QED) is 0.519. The van der Waals surface area contributed by atoms with E-state index in [0.29, 0.717) is 29.6 Å². The molecule has 0 unspecified atom stereocenters. The number of aromatic nitrogens is 2. The van der Waals surface area contributed by atoms with Gasteiger partial charge < -0.3 is 15.4 Å². The van der Waals surface area contributed by atoms with Gasteiger partial charge in [0.05, 0.1) is 5.69 Å². The number of hydrogen-bond acceptors (Lipinski definition) is 5. The molecule has 0 spiro atoms. The lowest BCUT2D eigenvalue weighted by atomic mass is 10.1. The van der Waals surface area contributed by atoms with Crippen LogP contribution >= 0.6 is 15.9 Å². The molecule has 28 heavy (non-hydrogen) atoms. The van der Waals surface area contributed by atoms with Gasteiger partial charge in [-0.05, 0) is 29.8 Å². The van der Waals surface area contributed by atoms with Gasteiger partial charge in [0.1, 0.15) is 11.6 Å². The van der Waals surface area contributed by atoms with Crippen molar-refractivity contribution in [2.24, 2.45) is 0 Å². The monoisotopic (exact) mass is 452 g/mol. The van der Waals surface area contributed by atoms with E-state index in [9.17, 15) is 13.2 Å². The Bertz CT molecular complexity index is 966. The standard InChI is InChI=1S/C19H16BrF3N4O/c1-24-18-26-16(13-5-3-7-15(9-13)28-19(21,22)23)10-17(27-18)25-11-12-4-2-6-14(20)8-12/h2-10H,11H2,1H3,(H2,24,25,26,27). The van der Waals surface area contributed by atoms with E-state index in [4.69, 9.17) is 0 Å². The highest BCUT2D eigenvalue weighted by atomic mass is 79.9. The molecule has 0 radical (unpaired) electrons. The van der Waals surface area contributed by atoms with E-state index in [1.807, 2.05) is 24.3 Å². The van der Waals surface area contributed by atoms with E-state index in [0.717, 1.165) is 10.0 Å². The van der Waals surface area contributed by atoms with Crippen molar-refractivity contribution in [1.82, 2.24) is 9.97 Å². The second-order valence-corrected chi connectivity index (χ2v) is 6.69. The van der Waals surface area contributed by atoms with E-state index in [1.165, 1.54) is 18.2 Å². The molecule has 5 nitrogen and oxygen atoms in total. The molecule has 1 heterocycles. The topological polar surface area (TPSA) is 59.1 Å². The van der Waals surface area contributed by atoms with Crippen molar-refractivity contribution in [1.29, 1.82) is 0 Å². The van der Waals surface area contributed by atoms with Crippen LogP contribution < -0.4 is 15.4 Å². The molecule has 0 aliphatic carbocycles. The van der Waals surface area contributed by atoms with Crippen molar-refractivity contribution in [2.45, 2.75) is 12.9 Å².